The van der Waals surface area contributed by atoms with E-state index in [9.17, 15) is 13.2 Å². The first kappa shape index (κ1) is 14.8. The quantitative estimate of drug-likeness (QED) is 0.907. The lowest BCUT2D eigenvalue weighted by Gasteiger charge is -2.04. The van der Waals surface area contributed by atoms with E-state index in [1.54, 1.807) is 25.1 Å². The van der Waals surface area contributed by atoms with Gasteiger partial charge in [-0.3, -0.25) is 0 Å². The number of carboxylic acid groups (broad SMARTS) is 1. The van der Waals surface area contributed by atoms with Crippen molar-refractivity contribution in [3.05, 3.63) is 51.9 Å². The Bertz CT molecular complexity index is 761. The van der Waals surface area contributed by atoms with E-state index in [1.807, 2.05) is 0 Å². The van der Waals surface area contributed by atoms with Gasteiger partial charge in [-0.2, -0.15) is 0 Å². The van der Waals surface area contributed by atoms with Crippen LogP contribution in [0.2, 0.25) is 0 Å². The molecule has 7 heteroatoms. The summed E-state index contributed by atoms with van der Waals surface area (Å²) in [6.45, 7) is 1.56. The van der Waals surface area contributed by atoms with Crippen LogP contribution in [0, 0.1) is 6.92 Å². The van der Waals surface area contributed by atoms with Crippen molar-refractivity contribution in [3.63, 3.8) is 0 Å². The first-order valence-corrected chi connectivity index (χ1v) is 8.05. The maximum atomic E-state index is 12.3. The van der Waals surface area contributed by atoms with Gasteiger partial charge >= 0.3 is 5.97 Å². The maximum Gasteiger partial charge on any atom is 0.372 e. The van der Waals surface area contributed by atoms with Gasteiger partial charge in [0.05, 0.1) is 4.90 Å². The van der Waals surface area contributed by atoms with E-state index >= 15 is 0 Å². The van der Waals surface area contributed by atoms with Crippen molar-refractivity contribution in [2.45, 2.75) is 17.6 Å². The number of sulfone groups is 1. The minimum atomic E-state index is -3.61. The zero-order valence-electron chi connectivity index (χ0n) is 10.5. The van der Waals surface area contributed by atoms with Gasteiger partial charge in [-0.05, 0) is 41.1 Å². The minimum absolute atomic E-state index is 0.107. The van der Waals surface area contributed by atoms with E-state index in [0.29, 0.717) is 10.0 Å². The molecule has 1 aromatic carbocycles. The van der Waals surface area contributed by atoms with Gasteiger partial charge in [-0.1, -0.05) is 12.1 Å². The summed E-state index contributed by atoms with van der Waals surface area (Å²) in [7, 11) is -3.61. The number of halogens is 1. The molecule has 0 saturated heterocycles. The summed E-state index contributed by atoms with van der Waals surface area (Å²) in [5.74, 6) is -1.73. The number of rotatable bonds is 4. The molecular weight excluding hydrogens is 348 g/mol. The molecule has 20 heavy (non-hydrogen) atoms. The second kappa shape index (κ2) is 5.41. The molecule has 106 valence electrons. The SMILES string of the molecule is Cc1cc(CS(=O)(=O)c2ccccc2Br)oc1C(=O)O. The molecule has 0 bridgehead atoms. The average Bonchev–Trinajstić information content (AvgIpc) is 2.69. The molecule has 1 N–H and O–H groups in total. The monoisotopic (exact) mass is 358 g/mol. The molecule has 5 nitrogen and oxygen atoms in total. The van der Waals surface area contributed by atoms with Crippen LogP contribution >= 0.6 is 15.9 Å². The third-order valence-corrected chi connectivity index (χ3v) is 5.31. The summed E-state index contributed by atoms with van der Waals surface area (Å²) in [6.07, 6.45) is 0. The predicted molar refractivity (Wildman–Crippen MR) is 75.4 cm³/mol. The highest BCUT2D eigenvalue weighted by Gasteiger charge is 2.22. The zero-order valence-corrected chi connectivity index (χ0v) is 12.9. The summed E-state index contributed by atoms with van der Waals surface area (Å²) < 4.78 is 30.1. The van der Waals surface area contributed by atoms with Crippen molar-refractivity contribution in [2.24, 2.45) is 0 Å². The summed E-state index contributed by atoms with van der Waals surface area (Å²) in [6, 6.07) is 7.87. The van der Waals surface area contributed by atoms with Gasteiger partial charge in [0, 0.05) is 10.0 Å². The highest BCUT2D eigenvalue weighted by molar-refractivity contribution is 9.10. The third kappa shape index (κ3) is 2.94. The molecule has 1 heterocycles. The Morgan fingerprint density at radius 3 is 2.55 bits per heavy atom. The van der Waals surface area contributed by atoms with Crippen LogP contribution < -0.4 is 0 Å². The van der Waals surface area contributed by atoms with Crippen molar-refractivity contribution < 1.29 is 22.7 Å². The third-order valence-electron chi connectivity index (χ3n) is 2.67. The number of benzene rings is 1. The lowest BCUT2D eigenvalue weighted by molar-refractivity contribution is 0.0659. The zero-order chi connectivity index (χ0) is 14.9. The molecule has 1 aromatic heterocycles. The van der Waals surface area contributed by atoms with Crippen LogP contribution in [-0.4, -0.2) is 19.5 Å². The molecule has 2 rings (SSSR count). The van der Waals surface area contributed by atoms with Gasteiger partial charge in [-0.25, -0.2) is 13.2 Å². The van der Waals surface area contributed by atoms with Crippen molar-refractivity contribution in [2.75, 3.05) is 0 Å². The highest BCUT2D eigenvalue weighted by Crippen LogP contribution is 2.26. The fourth-order valence-corrected chi connectivity index (χ4v) is 4.14. The van der Waals surface area contributed by atoms with Crippen molar-refractivity contribution >= 4 is 31.7 Å². The van der Waals surface area contributed by atoms with Gasteiger partial charge in [-0.15, -0.1) is 0 Å². The summed E-state index contributed by atoms with van der Waals surface area (Å²) in [5.41, 5.74) is 0.398. The van der Waals surface area contributed by atoms with Crippen LogP contribution in [0.15, 0.2) is 44.1 Å². The molecule has 0 aliphatic heterocycles. The normalized spacial score (nSPS) is 11.5. The molecule has 0 fully saturated rings. The van der Waals surface area contributed by atoms with Crippen molar-refractivity contribution in [3.8, 4) is 0 Å². The fourth-order valence-electron chi connectivity index (χ4n) is 1.79. The van der Waals surface area contributed by atoms with Gasteiger partial charge in [0.1, 0.15) is 11.5 Å². The molecular formula is C13H11BrO5S. The predicted octanol–water partition coefficient (Wildman–Crippen LogP) is 3.02. The fraction of sp³-hybridized carbons (Fsp3) is 0.154. The Hall–Kier alpha value is -1.60. The number of hydrogen-bond donors (Lipinski definition) is 1. The Balaban J connectivity index is 2.37. The van der Waals surface area contributed by atoms with Crippen LogP contribution in [0.3, 0.4) is 0 Å². The molecule has 0 aliphatic rings. The standard InChI is InChI=1S/C13H11BrO5S/c1-8-6-9(19-12(8)13(15)16)7-20(17,18)11-5-3-2-4-10(11)14/h2-6H,7H2,1H3,(H,15,16). The molecule has 0 amide bonds. The van der Waals surface area contributed by atoms with Gasteiger partial charge in [0.2, 0.25) is 5.76 Å². The number of carbonyl (C=O) groups is 1. The number of aryl methyl sites for hydroxylation is 1. The van der Waals surface area contributed by atoms with Gasteiger partial charge in [0.15, 0.2) is 9.84 Å². The number of carboxylic acids is 1. The van der Waals surface area contributed by atoms with E-state index in [4.69, 9.17) is 9.52 Å². The molecule has 0 atom stereocenters. The summed E-state index contributed by atoms with van der Waals surface area (Å²) in [5, 5.41) is 8.89. The molecule has 0 aliphatic carbocycles. The van der Waals surface area contributed by atoms with E-state index in [1.165, 1.54) is 12.1 Å². The molecule has 2 aromatic rings. The van der Waals surface area contributed by atoms with Crippen molar-refractivity contribution in [1.82, 2.24) is 0 Å². The summed E-state index contributed by atoms with van der Waals surface area (Å²) in [4.78, 5) is 11.0. The lowest BCUT2D eigenvalue weighted by atomic mass is 10.3. The molecule has 0 saturated carbocycles. The Morgan fingerprint density at radius 2 is 2.00 bits per heavy atom. The van der Waals surface area contributed by atoms with Crippen LogP contribution in [0.1, 0.15) is 21.9 Å². The number of furan rings is 1. The maximum absolute atomic E-state index is 12.3. The topological polar surface area (TPSA) is 84.6 Å². The Labute approximate surface area is 124 Å². The second-order valence-electron chi connectivity index (χ2n) is 4.22. The van der Waals surface area contributed by atoms with Crippen LogP contribution in [0.5, 0.6) is 0 Å². The number of aromatic carboxylic acids is 1. The highest BCUT2D eigenvalue weighted by atomic mass is 79.9. The Kier molecular flexibility index (Phi) is 4.01. The molecule has 0 spiro atoms. The van der Waals surface area contributed by atoms with E-state index in [-0.39, 0.29) is 22.2 Å². The Morgan fingerprint density at radius 1 is 1.35 bits per heavy atom. The van der Waals surface area contributed by atoms with Crippen LogP contribution in [-0.2, 0) is 15.6 Å². The average molecular weight is 359 g/mol. The van der Waals surface area contributed by atoms with Crippen LogP contribution in [0.4, 0.5) is 0 Å². The second-order valence-corrected chi connectivity index (χ2v) is 7.03. The minimum Gasteiger partial charge on any atom is -0.475 e. The van der Waals surface area contributed by atoms with Gasteiger partial charge < -0.3 is 9.52 Å². The van der Waals surface area contributed by atoms with E-state index in [0.717, 1.165) is 0 Å². The van der Waals surface area contributed by atoms with E-state index in [2.05, 4.69) is 15.9 Å². The van der Waals surface area contributed by atoms with Gasteiger partial charge in [0.25, 0.3) is 0 Å². The van der Waals surface area contributed by atoms with Crippen LogP contribution in [0.25, 0.3) is 0 Å². The molecule has 0 radical (unpaired) electrons. The lowest BCUT2D eigenvalue weighted by Crippen LogP contribution is -2.05. The first-order valence-electron chi connectivity index (χ1n) is 5.61. The van der Waals surface area contributed by atoms with Crippen molar-refractivity contribution in [1.29, 1.82) is 0 Å². The largest absolute Gasteiger partial charge is 0.475 e. The number of hydrogen-bond acceptors (Lipinski definition) is 4. The van der Waals surface area contributed by atoms with E-state index < -0.39 is 15.8 Å². The molecule has 0 unspecified atom stereocenters. The summed E-state index contributed by atoms with van der Waals surface area (Å²) >= 11 is 3.18. The smallest absolute Gasteiger partial charge is 0.372 e. The first-order chi connectivity index (χ1) is 9.31.